The van der Waals surface area contributed by atoms with Gasteiger partial charge in [-0.25, -0.2) is 0 Å². The van der Waals surface area contributed by atoms with Gasteiger partial charge in [0.15, 0.2) is 8.07 Å². The van der Waals surface area contributed by atoms with Crippen molar-refractivity contribution in [3.63, 3.8) is 0 Å². The molecule has 0 unspecified atom stereocenters. The summed E-state index contributed by atoms with van der Waals surface area (Å²) in [6, 6.07) is 57.1. The zero-order valence-electron chi connectivity index (χ0n) is 21.8. The Kier molecular flexibility index (Phi) is 6.13. The Balaban J connectivity index is 1.56. The molecular formula is C37H25NSSi. The van der Waals surface area contributed by atoms with Gasteiger partial charge in [0.05, 0.1) is 11.6 Å². The van der Waals surface area contributed by atoms with E-state index >= 15 is 0 Å². The number of rotatable bonds is 5. The van der Waals surface area contributed by atoms with Crippen molar-refractivity contribution in [2.45, 2.75) is 0 Å². The van der Waals surface area contributed by atoms with Gasteiger partial charge < -0.3 is 0 Å². The first-order valence-electron chi connectivity index (χ1n) is 13.4. The van der Waals surface area contributed by atoms with Crippen LogP contribution in [0.4, 0.5) is 0 Å². The monoisotopic (exact) mass is 543 g/mol. The lowest BCUT2D eigenvalue weighted by atomic mass is 10.0. The summed E-state index contributed by atoms with van der Waals surface area (Å²) >= 11 is 1.87. The number of fused-ring (bicyclic) bond motifs is 3. The second-order valence-electron chi connectivity index (χ2n) is 10.1. The van der Waals surface area contributed by atoms with E-state index in [-0.39, 0.29) is 0 Å². The third-order valence-corrected chi connectivity index (χ3v) is 13.7. The van der Waals surface area contributed by atoms with Crippen LogP contribution in [0.5, 0.6) is 0 Å². The number of benzene rings is 6. The van der Waals surface area contributed by atoms with E-state index in [2.05, 4.69) is 140 Å². The number of nitriles is 1. The van der Waals surface area contributed by atoms with Crippen LogP contribution < -0.4 is 20.7 Å². The number of nitrogens with zero attached hydrogens (tertiary/aromatic N) is 1. The SMILES string of the molecule is N#Cc1cccc(-c2cccc([Si](c3ccccc3)(c3ccccc3)c3ccc4c(c3)sc3ccccc34)c2)c1. The van der Waals surface area contributed by atoms with Gasteiger partial charge in [0.1, 0.15) is 0 Å². The molecule has 40 heavy (non-hydrogen) atoms. The zero-order chi connectivity index (χ0) is 26.9. The smallest absolute Gasteiger partial charge is 0.179 e. The lowest BCUT2D eigenvalue weighted by Gasteiger charge is -2.34. The molecule has 0 saturated heterocycles. The van der Waals surface area contributed by atoms with Crippen LogP contribution in [-0.4, -0.2) is 8.07 Å². The van der Waals surface area contributed by atoms with E-state index in [1.54, 1.807) is 0 Å². The lowest BCUT2D eigenvalue weighted by molar-refractivity contribution is 1.48. The van der Waals surface area contributed by atoms with E-state index in [4.69, 9.17) is 0 Å². The Bertz CT molecular complexity index is 1980. The molecule has 1 nitrogen and oxygen atoms in total. The summed E-state index contributed by atoms with van der Waals surface area (Å²) < 4.78 is 2.64. The summed E-state index contributed by atoms with van der Waals surface area (Å²) in [5.41, 5.74) is 2.86. The highest BCUT2D eigenvalue weighted by Crippen LogP contribution is 2.33. The molecule has 6 aromatic carbocycles. The molecular weight excluding hydrogens is 519 g/mol. The molecule has 0 aliphatic carbocycles. The molecule has 7 aromatic rings. The van der Waals surface area contributed by atoms with Crippen molar-refractivity contribution in [2.75, 3.05) is 0 Å². The molecule has 0 aliphatic rings. The van der Waals surface area contributed by atoms with Crippen molar-refractivity contribution in [1.29, 1.82) is 5.26 Å². The third-order valence-electron chi connectivity index (χ3n) is 7.85. The van der Waals surface area contributed by atoms with Crippen LogP contribution in [0.3, 0.4) is 0 Å². The largest absolute Gasteiger partial charge is 0.192 e. The Labute approximate surface area is 239 Å². The van der Waals surface area contributed by atoms with Crippen LogP contribution >= 0.6 is 11.3 Å². The normalized spacial score (nSPS) is 11.5. The second kappa shape index (κ2) is 10.1. The summed E-state index contributed by atoms with van der Waals surface area (Å²) in [6.07, 6.45) is 0. The van der Waals surface area contributed by atoms with E-state index in [0.29, 0.717) is 5.56 Å². The van der Waals surface area contributed by atoms with Gasteiger partial charge in [-0.1, -0.05) is 127 Å². The topological polar surface area (TPSA) is 23.8 Å². The van der Waals surface area contributed by atoms with Crippen LogP contribution in [0.2, 0.25) is 0 Å². The molecule has 0 radical (unpaired) electrons. The number of hydrogen-bond donors (Lipinski definition) is 0. The fraction of sp³-hybridized carbons (Fsp3) is 0. The Hall–Kier alpha value is -4.75. The molecule has 0 aliphatic heterocycles. The molecule has 0 bridgehead atoms. The van der Waals surface area contributed by atoms with Crippen LogP contribution in [0.15, 0.2) is 152 Å². The maximum Gasteiger partial charge on any atom is 0.179 e. The Morgan fingerprint density at radius 3 is 1.75 bits per heavy atom. The van der Waals surface area contributed by atoms with Gasteiger partial charge in [-0.3, -0.25) is 0 Å². The first-order chi connectivity index (χ1) is 19.8. The van der Waals surface area contributed by atoms with Crippen molar-refractivity contribution in [3.8, 4) is 17.2 Å². The van der Waals surface area contributed by atoms with Gasteiger partial charge >= 0.3 is 0 Å². The van der Waals surface area contributed by atoms with E-state index in [9.17, 15) is 5.26 Å². The molecule has 0 spiro atoms. The highest BCUT2D eigenvalue weighted by Gasteiger charge is 2.41. The minimum Gasteiger partial charge on any atom is -0.192 e. The Morgan fingerprint density at radius 1 is 0.450 bits per heavy atom. The van der Waals surface area contributed by atoms with Crippen molar-refractivity contribution in [1.82, 2.24) is 0 Å². The zero-order valence-corrected chi connectivity index (χ0v) is 23.6. The van der Waals surface area contributed by atoms with Crippen LogP contribution in [-0.2, 0) is 0 Å². The van der Waals surface area contributed by atoms with Crippen LogP contribution in [0.1, 0.15) is 5.56 Å². The quantitative estimate of drug-likeness (QED) is 0.170. The molecule has 1 aromatic heterocycles. The first kappa shape index (κ1) is 24.3. The van der Waals surface area contributed by atoms with Crippen LogP contribution in [0, 0.1) is 11.3 Å². The molecule has 0 N–H and O–H groups in total. The highest BCUT2D eigenvalue weighted by molar-refractivity contribution is 7.26. The predicted molar refractivity (Wildman–Crippen MR) is 173 cm³/mol. The first-order valence-corrected chi connectivity index (χ1v) is 16.2. The van der Waals surface area contributed by atoms with Crippen molar-refractivity contribution in [3.05, 3.63) is 157 Å². The standard InChI is InChI=1S/C37H25NSSi/c38-26-27-11-9-12-28(23-27)29-13-10-18-32(24-29)40(30-14-3-1-4-15-30,31-16-5-2-6-17-31)33-21-22-35-34-19-7-8-20-36(34)39-37(35)25-33/h1-25H. The number of hydrogen-bond acceptors (Lipinski definition) is 2. The summed E-state index contributed by atoms with van der Waals surface area (Å²) in [4.78, 5) is 0. The molecule has 1 heterocycles. The van der Waals surface area contributed by atoms with Gasteiger partial charge in [-0.15, -0.1) is 11.3 Å². The van der Waals surface area contributed by atoms with E-state index < -0.39 is 8.07 Å². The molecule has 0 saturated carbocycles. The van der Waals surface area contributed by atoms with Crippen molar-refractivity contribution >= 4 is 60.3 Å². The molecule has 188 valence electrons. The van der Waals surface area contributed by atoms with Gasteiger partial charge in [-0.2, -0.15) is 5.26 Å². The van der Waals surface area contributed by atoms with E-state index in [1.807, 2.05) is 29.5 Å². The van der Waals surface area contributed by atoms with Gasteiger partial charge in [-0.05, 0) is 56.1 Å². The predicted octanol–water partition coefficient (Wildman–Crippen LogP) is 6.97. The molecule has 0 atom stereocenters. The van der Waals surface area contributed by atoms with Gasteiger partial charge in [0.25, 0.3) is 0 Å². The Morgan fingerprint density at radius 2 is 1.02 bits per heavy atom. The fourth-order valence-electron chi connectivity index (χ4n) is 6.04. The average molecular weight is 544 g/mol. The molecule has 7 rings (SSSR count). The van der Waals surface area contributed by atoms with E-state index in [1.165, 1.54) is 40.9 Å². The minimum absolute atomic E-state index is 0.674. The second-order valence-corrected chi connectivity index (χ2v) is 15.0. The summed E-state index contributed by atoms with van der Waals surface area (Å²) in [5.74, 6) is 0. The average Bonchev–Trinajstić information content (AvgIpc) is 3.41. The minimum atomic E-state index is -2.71. The van der Waals surface area contributed by atoms with Gasteiger partial charge in [0.2, 0.25) is 0 Å². The third kappa shape index (κ3) is 3.98. The highest BCUT2D eigenvalue weighted by atomic mass is 32.1. The molecule has 3 heteroatoms. The van der Waals surface area contributed by atoms with Crippen molar-refractivity contribution < 1.29 is 0 Å². The summed E-state index contributed by atoms with van der Waals surface area (Å²) in [7, 11) is -2.71. The summed E-state index contributed by atoms with van der Waals surface area (Å²) in [6.45, 7) is 0. The molecule has 0 fully saturated rings. The van der Waals surface area contributed by atoms with Crippen LogP contribution in [0.25, 0.3) is 31.3 Å². The van der Waals surface area contributed by atoms with E-state index in [0.717, 1.165) is 11.1 Å². The fourth-order valence-corrected chi connectivity index (χ4v) is 12.1. The van der Waals surface area contributed by atoms with Crippen molar-refractivity contribution in [2.24, 2.45) is 0 Å². The lowest BCUT2D eigenvalue weighted by Crippen LogP contribution is -2.74. The maximum atomic E-state index is 9.54. The van der Waals surface area contributed by atoms with Gasteiger partial charge in [0, 0.05) is 20.2 Å². The molecule has 0 amide bonds. The number of thiophene rings is 1. The summed E-state index contributed by atoms with van der Waals surface area (Å²) in [5, 5.41) is 17.6. The maximum absolute atomic E-state index is 9.54.